The normalized spacial score (nSPS) is 22.7. The summed E-state index contributed by atoms with van der Waals surface area (Å²) in [5, 5.41) is 2.95. The molecule has 0 radical (unpaired) electrons. The van der Waals surface area contributed by atoms with Gasteiger partial charge in [-0.3, -0.25) is 4.79 Å². The Morgan fingerprint density at radius 2 is 2.05 bits per heavy atom. The third-order valence-corrected chi connectivity index (χ3v) is 4.15. The van der Waals surface area contributed by atoms with Gasteiger partial charge in [-0.25, -0.2) is 9.18 Å². The standard InChI is InChI=1S/C17H22FNO3/c1-11-6-3-4-9-15(11)19-16(20)12(2)22-17(21)13-7-5-8-14(18)10-13/h5,7-8,10-12,15H,3-4,6,9H2,1-2H3,(H,19,20). The van der Waals surface area contributed by atoms with Crippen LogP contribution in [0.25, 0.3) is 0 Å². The zero-order valence-electron chi connectivity index (χ0n) is 13.0. The van der Waals surface area contributed by atoms with Gasteiger partial charge >= 0.3 is 5.97 Å². The monoisotopic (exact) mass is 307 g/mol. The largest absolute Gasteiger partial charge is 0.449 e. The molecule has 1 amide bonds. The van der Waals surface area contributed by atoms with Crippen molar-refractivity contribution in [2.45, 2.75) is 51.7 Å². The Labute approximate surface area is 130 Å². The number of ether oxygens (including phenoxy) is 1. The first kappa shape index (κ1) is 16.5. The van der Waals surface area contributed by atoms with Crippen LogP contribution in [0, 0.1) is 11.7 Å². The molecule has 1 aromatic rings. The average Bonchev–Trinajstić information content (AvgIpc) is 2.49. The molecule has 3 atom stereocenters. The van der Waals surface area contributed by atoms with Gasteiger partial charge in [-0.1, -0.05) is 25.8 Å². The SMILES string of the molecule is CC(OC(=O)c1cccc(F)c1)C(=O)NC1CCCCC1C. The Kier molecular flexibility index (Phi) is 5.52. The summed E-state index contributed by atoms with van der Waals surface area (Å²) in [6.07, 6.45) is 3.45. The summed E-state index contributed by atoms with van der Waals surface area (Å²) in [7, 11) is 0. The lowest BCUT2D eigenvalue weighted by Crippen LogP contribution is -2.45. The lowest BCUT2D eigenvalue weighted by molar-refractivity contribution is -0.130. The summed E-state index contributed by atoms with van der Waals surface area (Å²) in [6.45, 7) is 3.65. The van der Waals surface area contributed by atoms with Crippen LogP contribution < -0.4 is 5.32 Å². The topological polar surface area (TPSA) is 55.4 Å². The van der Waals surface area contributed by atoms with Gasteiger partial charge in [0.15, 0.2) is 6.10 Å². The minimum absolute atomic E-state index is 0.102. The van der Waals surface area contributed by atoms with Crippen molar-refractivity contribution < 1.29 is 18.7 Å². The summed E-state index contributed by atoms with van der Waals surface area (Å²) in [4.78, 5) is 24.0. The minimum Gasteiger partial charge on any atom is -0.449 e. The first-order valence-corrected chi connectivity index (χ1v) is 7.74. The third-order valence-electron chi connectivity index (χ3n) is 4.15. The van der Waals surface area contributed by atoms with E-state index in [2.05, 4.69) is 12.2 Å². The van der Waals surface area contributed by atoms with Crippen LogP contribution in [0.4, 0.5) is 4.39 Å². The maximum atomic E-state index is 13.1. The zero-order chi connectivity index (χ0) is 16.1. The smallest absolute Gasteiger partial charge is 0.339 e. The molecule has 1 aliphatic rings. The molecule has 4 nitrogen and oxygen atoms in total. The number of hydrogen-bond donors (Lipinski definition) is 1. The van der Waals surface area contributed by atoms with Gasteiger partial charge in [-0.2, -0.15) is 0 Å². The fourth-order valence-electron chi connectivity index (χ4n) is 2.73. The maximum Gasteiger partial charge on any atom is 0.339 e. The summed E-state index contributed by atoms with van der Waals surface area (Å²) in [5.41, 5.74) is 0.102. The van der Waals surface area contributed by atoms with Crippen LogP contribution >= 0.6 is 0 Å². The second-order valence-electron chi connectivity index (χ2n) is 5.93. The number of halogens is 1. The molecule has 2 rings (SSSR count). The zero-order valence-corrected chi connectivity index (χ0v) is 13.0. The van der Waals surface area contributed by atoms with E-state index in [9.17, 15) is 14.0 Å². The Balaban J connectivity index is 1.89. The van der Waals surface area contributed by atoms with E-state index >= 15 is 0 Å². The molecule has 5 heteroatoms. The van der Waals surface area contributed by atoms with E-state index in [1.54, 1.807) is 0 Å². The molecular weight excluding hydrogens is 285 g/mol. The number of carbonyl (C=O) groups is 2. The predicted octanol–water partition coefficient (Wildman–Crippen LogP) is 3.07. The highest BCUT2D eigenvalue weighted by Crippen LogP contribution is 2.23. The molecule has 0 aliphatic heterocycles. The molecule has 1 aliphatic carbocycles. The van der Waals surface area contributed by atoms with Gasteiger partial charge in [0.1, 0.15) is 5.82 Å². The Bertz CT molecular complexity index is 546. The van der Waals surface area contributed by atoms with Gasteiger partial charge in [0.2, 0.25) is 0 Å². The molecule has 1 fully saturated rings. The van der Waals surface area contributed by atoms with Crippen molar-refractivity contribution in [2.24, 2.45) is 5.92 Å². The molecule has 120 valence electrons. The van der Waals surface area contributed by atoms with Crippen LogP contribution in [0.15, 0.2) is 24.3 Å². The molecular formula is C17H22FNO3. The molecule has 0 spiro atoms. The number of hydrogen-bond acceptors (Lipinski definition) is 3. The summed E-state index contributed by atoms with van der Waals surface area (Å²) in [6, 6.07) is 5.37. The highest BCUT2D eigenvalue weighted by Gasteiger charge is 2.26. The van der Waals surface area contributed by atoms with Crippen LogP contribution in [0.3, 0.4) is 0 Å². The van der Waals surface area contributed by atoms with Crippen LogP contribution in [-0.4, -0.2) is 24.0 Å². The number of amides is 1. The van der Waals surface area contributed by atoms with Crippen LogP contribution in [0.1, 0.15) is 49.9 Å². The number of nitrogens with one attached hydrogen (secondary N) is 1. The van der Waals surface area contributed by atoms with Gasteiger partial charge in [-0.05, 0) is 43.9 Å². The van der Waals surface area contributed by atoms with Crippen molar-refractivity contribution in [3.05, 3.63) is 35.6 Å². The van der Waals surface area contributed by atoms with Crippen molar-refractivity contribution in [3.8, 4) is 0 Å². The van der Waals surface area contributed by atoms with Crippen molar-refractivity contribution in [1.29, 1.82) is 0 Å². The first-order valence-electron chi connectivity index (χ1n) is 7.74. The van der Waals surface area contributed by atoms with E-state index in [1.807, 2.05) is 0 Å². The molecule has 0 saturated heterocycles. The molecule has 0 aromatic heterocycles. The molecule has 1 aromatic carbocycles. The summed E-state index contributed by atoms with van der Waals surface area (Å²) in [5.74, 6) is -1.08. The van der Waals surface area contributed by atoms with Crippen molar-refractivity contribution >= 4 is 11.9 Å². The Morgan fingerprint density at radius 1 is 1.32 bits per heavy atom. The van der Waals surface area contributed by atoms with Crippen molar-refractivity contribution in [3.63, 3.8) is 0 Å². The maximum absolute atomic E-state index is 13.1. The molecule has 22 heavy (non-hydrogen) atoms. The van der Waals surface area contributed by atoms with Gasteiger partial charge in [0, 0.05) is 6.04 Å². The number of rotatable bonds is 4. The van der Waals surface area contributed by atoms with E-state index in [1.165, 1.54) is 31.5 Å². The van der Waals surface area contributed by atoms with E-state index < -0.39 is 17.9 Å². The molecule has 1 N–H and O–H groups in total. The Hall–Kier alpha value is -1.91. The molecule has 3 unspecified atom stereocenters. The van der Waals surface area contributed by atoms with E-state index in [4.69, 9.17) is 4.74 Å². The van der Waals surface area contributed by atoms with Gasteiger partial charge in [-0.15, -0.1) is 0 Å². The molecule has 0 heterocycles. The third kappa shape index (κ3) is 4.29. The lowest BCUT2D eigenvalue weighted by atomic mass is 9.86. The summed E-state index contributed by atoms with van der Waals surface area (Å²) < 4.78 is 18.2. The highest BCUT2D eigenvalue weighted by atomic mass is 19.1. The number of carbonyl (C=O) groups excluding carboxylic acids is 2. The molecule has 0 bridgehead atoms. The van der Waals surface area contributed by atoms with E-state index in [0.29, 0.717) is 5.92 Å². The van der Waals surface area contributed by atoms with Gasteiger partial charge < -0.3 is 10.1 Å². The second kappa shape index (κ2) is 7.38. The predicted molar refractivity (Wildman–Crippen MR) is 80.8 cm³/mol. The van der Waals surface area contributed by atoms with Crippen molar-refractivity contribution in [2.75, 3.05) is 0 Å². The van der Waals surface area contributed by atoms with Crippen LogP contribution in [0.5, 0.6) is 0 Å². The van der Waals surface area contributed by atoms with Crippen LogP contribution in [-0.2, 0) is 9.53 Å². The number of benzene rings is 1. The molecule has 1 saturated carbocycles. The average molecular weight is 307 g/mol. The Morgan fingerprint density at radius 3 is 2.73 bits per heavy atom. The highest BCUT2D eigenvalue weighted by molar-refractivity contribution is 5.92. The quantitative estimate of drug-likeness (QED) is 0.870. The van der Waals surface area contributed by atoms with Crippen molar-refractivity contribution in [1.82, 2.24) is 5.32 Å². The summed E-state index contributed by atoms with van der Waals surface area (Å²) >= 11 is 0. The van der Waals surface area contributed by atoms with E-state index in [-0.39, 0.29) is 17.5 Å². The lowest BCUT2D eigenvalue weighted by Gasteiger charge is -2.30. The second-order valence-corrected chi connectivity index (χ2v) is 5.93. The first-order chi connectivity index (χ1) is 10.5. The van der Waals surface area contributed by atoms with Crippen LogP contribution in [0.2, 0.25) is 0 Å². The fourth-order valence-corrected chi connectivity index (χ4v) is 2.73. The van der Waals surface area contributed by atoms with E-state index in [0.717, 1.165) is 25.3 Å². The van der Waals surface area contributed by atoms with Gasteiger partial charge in [0.05, 0.1) is 5.56 Å². The minimum atomic E-state index is -0.898. The number of esters is 1. The fraction of sp³-hybridized carbons (Fsp3) is 0.529. The van der Waals surface area contributed by atoms with Gasteiger partial charge in [0.25, 0.3) is 5.91 Å².